The third kappa shape index (κ3) is 4.78. The van der Waals surface area contributed by atoms with Crippen LogP contribution in [0, 0.1) is 13.8 Å². The summed E-state index contributed by atoms with van der Waals surface area (Å²) in [5.41, 5.74) is 4.31. The molecule has 8 heteroatoms. The summed E-state index contributed by atoms with van der Waals surface area (Å²) < 4.78 is 1.92. The molecule has 2 heterocycles. The molecule has 0 atom stereocenters. The molecular weight excluding hydrogens is 430 g/mol. The number of amides is 1. The Bertz CT molecular complexity index is 1210. The van der Waals surface area contributed by atoms with E-state index >= 15 is 0 Å². The summed E-state index contributed by atoms with van der Waals surface area (Å²) in [5.74, 6) is 0.657. The summed E-state index contributed by atoms with van der Waals surface area (Å²) in [4.78, 5) is 17.0. The van der Waals surface area contributed by atoms with Gasteiger partial charge in [0.05, 0.1) is 5.75 Å². The molecule has 1 N–H and O–H groups in total. The Morgan fingerprint density at radius 3 is 2.58 bits per heavy atom. The van der Waals surface area contributed by atoms with Gasteiger partial charge >= 0.3 is 0 Å². The molecule has 0 spiro atoms. The molecule has 4 rings (SSSR count). The summed E-state index contributed by atoms with van der Waals surface area (Å²) in [6.07, 6.45) is 1.72. The lowest BCUT2D eigenvalue weighted by Gasteiger charge is -2.11. The van der Waals surface area contributed by atoms with Crippen molar-refractivity contribution in [2.75, 3.05) is 11.1 Å². The zero-order valence-corrected chi connectivity index (χ0v) is 18.6. The quantitative estimate of drug-likeness (QED) is 0.403. The smallest absolute Gasteiger partial charge is 0.234 e. The van der Waals surface area contributed by atoms with Crippen molar-refractivity contribution in [2.24, 2.45) is 0 Å². The number of halogens is 1. The third-order valence-corrected chi connectivity index (χ3v) is 6.03. The molecule has 156 valence electrons. The highest BCUT2D eigenvalue weighted by Gasteiger charge is 2.18. The SMILES string of the molecule is Cc1ccc(-n2c(SCC(=O)Nc3cccc(Cl)c3C)nnc2-c2ccccn2)cc1. The van der Waals surface area contributed by atoms with Crippen LogP contribution in [0.15, 0.2) is 72.0 Å². The molecule has 0 fully saturated rings. The fraction of sp³-hybridized carbons (Fsp3) is 0.130. The highest BCUT2D eigenvalue weighted by molar-refractivity contribution is 7.99. The standard InChI is InChI=1S/C23H20ClN5OS/c1-15-9-11-17(12-10-15)29-22(20-7-3-4-13-25-20)27-28-23(29)31-14-21(30)26-19-8-5-6-18(24)16(19)2/h3-13H,14H2,1-2H3,(H,26,30). The molecule has 6 nitrogen and oxygen atoms in total. The van der Waals surface area contributed by atoms with E-state index in [1.807, 2.05) is 73.0 Å². The van der Waals surface area contributed by atoms with E-state index in [0.29, 0.717) is 27.4 Å². The molecule has 0 saturated carbocycles. The number of thioether (sulfide) groups is 1. The van der Waals surface area contributed by atoms with E-state index in [1.54, 1.807) is 12.3 Å². The molecule has 0 saturated heterocycles. The van der Waals surface area contributed by atoms with Gasteiger partial charge in [0.1, 0.15) is 5.69 Å². The number of nitrogens with one attached hydrogen (secondary N) is 1. The second-order valence-corrected chi connectivity index (χ2v) is 8.29. The molecule has 0 aliphatic rings. The van der Waals surface area contributed by atoms with Crippen LogP contribution < -0.4 is 5.32 Å². The topological polar surface area (TPSA) is 72.7 Å². The molecule has 0 bridgehead atoms. The zero-order chi connectivity index (χ0) is 21.8. The second kappa shape index (κ2) is 9.32. The fourth-order valence-electron chi connectivity index (χ4n) is 3.01. The normalized spacial score (nSPS) is 10.8. The first-order chi connectivity index (χ1) is 15.0. The van der Waals surface area contributed by atoms with Crippen molar-refractivity contribution in [3.63, 3.8) is 0 Å². The Labute approximate surface area is 189 Å². The Morgan fingerprint density at radius 2 is 1.84 bits per heavy atom. The van der Waals surface area contributed by atoms with Gasteiger partial charge in [-0.1, -0.05) is 53.2 Å². The van der Waals surface area contributed by atoms with Gasteiger partial charge in [0.15, 0.2) is 11.0 Å². The molecule has 1 amide bonds. The van der Waals surface area contributed by atoms with Crippen LogP contribution in [-0.2, 0) is 4.79 Å². The van der Waals surface area contributed by atoms with Gasteiger partial charge in [0, 0.05) is 22.6 Å². The predicted molar refractivity (Wildman–Crippen MR) is 125 cm³/mol. The maximum Gasteiger partial charge on any atom is 0.234 e. The van der Waals surface area contributed by atoms with Gasteiger partial charge in [-0.15, -0.1) is 10.2 Å². The number of pyridine rings is 1. The average Bonchev–Trinajstić information content (AvgIpc) is 3.21. The molecule has 0 aliphatic carbocycles. The van der Waals surface area contributed by atoms with Crippen LogP contribution in [0.25, 0.3) is 17.2 Å². The maximum absolute atomic E-state index is 12.6. The summed E-state index contributed by atoms with van der Waals surface area (Å²) in [6, 6.07) is 19.2. The van der Waals surface area contributed by atoms with Crippen molar-refractivity contribution < 1.29 is 4.79 Å². The van der Waals surface area contributed by atoms with Crippen LogP contribution in [0.5, 0.6) is 0 Å². The minimum atomic E-state index is -0.145. The zero-order valence-electron chi connectivity index (χ0n) is 17.0. The van der Waals surface area contributed by atoms with Crippen LogP contribution >= 0.6 is 23.4 Å². The predicted octanol–water partition coefficient (Wildman–Crippen LogP) is 5.33. The van der Waals surface area contributed by atoms with E-state index in [-0.39, 0.29) is 11.7 Å². The maximum atomic E-state index is 12.6. The number of hydrogen-bond donors (Lipinski definition) is 1. The minimum Gasteiger partial charge on any atom is -0.325 e. The van der Waals surface area contributed by atoms with E-state index in [2.05, 4.69) is 20.5 Å². The van der Waals surface area contributed by atoms with Gasteiger partial charge in [0.2, 0.25) is 5.91 Å². The summed E-state index contributed by atoms with van der Waals surface area (Å²) >= 11 is 7.46. The number of hydrogen-bond acceptors (Lipinski definition) is 5. The van der Waals surface area contributed by atoms with Crippen LogP contribution in [0.4, 0.5) is 5.69 Å². The molecular formula is C23H20ClN5OS. The first kappa shape index (κ1) is 21.1. The van der Waals surface area contributed by atoms with E-state index in [4.69, 9.17) is 11.6 Å². The number of carbonyl (C=O) groups excluding carboxylic acids is 1. The van der Waals surface area contributed by atoms with Crippen LogP contribution in [0.1, 0.15) is 11.1 Å². The Balaban J connectivity index is 1.59. The lowest BCUT2D eigenvalue weighted by molar-refractivity contribution is -0.113. The van der Waals surface area contributed by atoms with Crippen molar-refractivity contribution in [1.82, 2.24) is 19.7 Å². The Kier molecular flexibility index (Phi) is 6.34. The number of anilines is 1. The fourth-order valence-corrected chi connectivity index (χ4v) is 3.94. The van der Waals surface area contributed by atoms with Crippen LogP contribution in [0.2, 0.25) is 5.02 Å². The summed E-state index contributed by atoms with van der Waals surface area (Å²) in [6.45, 7) is 3.91. The first-order valence-electron chi connectivity index (χ1n) is 9.64. The number of aromatic nitrogens is 4. The van der Waals surface area contributed by atoms with E-state index in [9.17, 15) is 4.79 Å². The lowest BCUT2D eigenvalue weighted by atomic mass is 10.2. The van der Waals surface area contributed by atoms with Gasteiger partial charge in [-0.25, -0.2) is 0 Å². The van der Waals surface area contributed by atoms with Crippen LogP contribution in [-0.4, -0.2) is 31.4 Å². The van der Waals surface area contributed by atoms with E-state index < -0.39 is 0 Å². The second-order valence-electron chi connectivity index (χ2n) is 6.94. The number of benzene rings is 2. The highest BCUT2D eigenvalue weighted by Crippen LogP contribution is 2.28. The van der Waals surface area contributed by atoms with Crippen LogP contribution in [0.3, 0.4) is 0 Å². The largest absolute Gasteiger partial charge is 0.325 e. The summed E-state index contributed by atoms with van der Waals surface area (Å²) in [7, 11) is 0. The lowest BCUT2D eigenvalue weighted by Crippen LogP contribution is -2.15. The third-order valence-electron chi connectivity index (χ3n) is 4.69. The summed E-state index contributed by atoms with van der Waals surface area (Å²) in [5, 5.41) is 12.8. The molecule has 31 heavy (non-hydrogen) atoms. The van der Waals surface area contributed by atoms with Crippen molar-refractivity contribution >= 4 is 35.0 Å². The monoisotopic (exact) mass is 449 g/mol. The molecule has 4 aromatic rings. The number of rotatable bonds is 6. The van der Waals surface area contributed by atoms with E-state index in [0.717, 1.165) is 16.8 Å². The van der Waals surface area contributed by atoms with Crippen molar-refractivity contribution in [1.29, 1.82) is 0 Å². The van der Waals surface area contributed by atoms with Crippen molar-refractivity contribution in [2.45, 2.75) is 19.0 Å². The van der Waals surface area contributed by atoms with Crippen molar-refractivity contribution in [3.05, 3.63) is 83.0 Å². The van der Waals surface area contributed by atoms with Gasteiger partial charge in [0.25, 0.3) is 0 Å². The highest BCUT2D eigenvalue weighted by atomic mass is 35.5. The first-order valence-corrected chi connectivity index (χ1v) is 11.0. The molecule has 2 aromatic carbocycles. The molecule has 0 radical (unpaired) electrons. The Morgan fingerprint density at radius 1 is 1.03 bits per heavy atom. The number of nitrogens with zero attached hydrogens (tertiary/aromatic N) is 4. The average molecular weight is 450 g/mol. The van der Waals surface area contributed by atoms with Gasteiger partial charge in [-0.3, -0.25) is 14.3 Å². The van der Waals surface area contributed by atoms with E-state index in [1.165, 1.54) is 11.8 Å². The number of carbonyl (C=O) groups is 1. The molecule has 2 aromatic heterocycles. The van der Waals surface area contributed by atoms with Crippen molar-refractivity contribution in [3.8, 4) is 17.2 Å². The Hall–Kier alpha value is -3.16. The van der Waals surface area contributed by atoms with Gasteiger partial charge in [-0.05, 0) is 55.8 Å². The molecule has 0 unspecified atom stereocenters. The van der Waals surface area contributed by atoms with Gasteiger partial charge < -0.3 is 5.32 Å². The minimum absolute atomic E-state index is 0.145. The van der Waals surface area contributed by atoms with Gasteiger partial charge in [-0.2, -0.15) is 0 Å². The molecule has 0 aliphatic heterocycles. The number of aryl methyl sites for hydroxylation is 1.